The van der Waals surface area contributed by atoms with Gasteiger partial charge in [0.15, 0.2) is 0 Å². The standard InChI is InChI=1S/C22H21N3OS/c1-3-17-11-7-8-12-19(17)23-21(26)20-13-18-15(2)24-25(22(18)27-20)14-16-9-5-4-6-10-16/h4-13H,3,14H2,1-2H3,(H,23,26). The summed E-state index contributed by atoms with van der Waals surface area (Å²) in [6.07, 6.45) is 0.883. The molecule has 136 valence electrons. The van der Waals surface area contributed by atoms with Crippen molar-refractivity contribution in [3.05, 3.63) is 82.4 Å². The number of carbonyl (C=O) groups is 1. The number of aryl methyl sites for hydroxylation is 2. The summed E-state index contributed by atoms with van der Waals surface area (Å²) >= 11 is 1.49. The van der Waals surface area contributed by atoms with Crippen molar-refractivity contribution in [2.24, 2.45) is 0 Å². The third-order valence-electron chi connectivity index (χ3n) is 4.65. The number of nitrogens with zero attached hydrogens (tertiary/aromatic N) is 2. The maximum Gasteiger partial charge on any atom is 0.265 e. The first-order chi connectivity index (χ1) is 13.2. The molecule has 4 rings (SSSR count). The van der Waals surface area contributed by atoms with E-state index in [4.69, 9.17) is 0 Å². The van der Waals surface area contributed by atoms with Crippen LogP contribution in [0.1, 0.15) is 33.4 Å². The van der Waals surface area contributed by atoms with E-state index in [2.05, 4.69) is 29.5 Å². The number of para-hydroxylation sites is 1. The molecule has 0 aliphatic rings. The van der Waals surface area contributed by atoms with Crippen molar-refractivity contribution in [3.8, 4) is 0 Å². The Labute approximate surface area is 162 Å². The molecule has 2 aromatic heterocycles. The molecule has 0 bridgehead atoms. The molecule has 0 radical (unpaired) electrons. The highest BCUT2D eigenvalue weighted by atomic mass is 32.1. The van der Waals surface area contributed by atoms with Crippen molar-refractivity contribution >= 4 is 33.1 Å². The van der Waals surface area contributed by atoms with Crippen LogP contribution < -0.4 is 5.32 Å². The molecule has 5 heteroatoms. The number of carbonyl (C=O) groups excluding carboxylic acids is 1. The summed E-state index contributed by atoms with van der Waals surface area (Å²) < 4.78 is 1.99. The third-order valence-corrected chi connectivity index (χ3v) is 5.80. The molecule has 1 amide bonds. The van der Waals surface area contributed by atoms with Crippen LogP contribution in [0.2, 0.25) is 0 Å². The number of thiophene rings is 1. The van der Waals surface area contributed by atoms with Gasteiger partial charge in [0.2, 0.25) is 0 Å². The maximum absolute atomic E-state index is 12.8. The van der Waals surface area contributed by atoms with Gasteiger partial charge in [-0.2, -0.15) is 5.10 Å². The van der Waals surface area contributed by atoms with Gasteiger partial charge in [-0.15, -0.1) is 11.3 Å². The van der Waals surface area contributed by atoms with Gasteiger partial charge in [0.05, 0.1) is 17.1 Å². The predicted molar refractivity (Wildman–Crippen MR) is 112 cm³/mol. The number of hydrogen-bond donors (Lipinski definition) is 1. The lowest BCUT2D eigenvalue weighted by Crippen LogP contribution is -2.11. The predicted octanol–water partition coefficient (Wildman–Crippen LogP) is 5.27. The van der Waals surface area contributed by atoms with Crippen molar-refractivity contribution in [1.29, 1.82) is 0 Å². The molecule has 2 heterocycles. The van der Waals surface area contributed by atoms with Crippen LogP contribution in [0, 0.1) is 6.92 Å². The lowest BCUT2D eigenvalue weighted by atomic mass is 10.1. The molecule has 0 aliphatic carbocycles. The Morgan fingerprint density at radius 1 is 1.11 bits per heavy atom. The van der Waals surface area contributed by atoms with Crippen LogP contribution in [-0.2, 0) is 13.0 Å². The van der Waals surface area contributed by atoms with Gasteiger partial charge >= 0.3 is 0 Å². The highest BCUT2D eigenvalue weighted by Gasteiger charge is 2.17. The number of benzene rings is 2. The van der Waals surface area contributed by atoms with Gasteiger partial charge in [0.25, 0.3) is 5.91 Å². The lowest BCUT2D eigenvalue weighted by Gasteiger charge is -2.08. The van der Waals surface area contributed by atoms with Crippen molar-refractivity contribution in [2.75, 3.05) is 5.32 Å². The summed E-state index contributed by atoms with van der Waals surface area (Å²) in [6, 6.07) is 20.1. The van der Waals surface area contributed by atoms with Crippen molar-refractivity contribution in [1.82, 2.24) is 9.78 Å². The minimum Gasteiger partial charge on any atom is -0.321 e. The summed E-state index contributed by atoms with van der Waals surface area (Å²) in [5.41, 5.74) is 4.16. The van der Waals surface area contributed by atoms with Crippen LogP contribution in [-0.4, -0.2) is 15.7 Å². The first-order valence-electron chi connectivity index (χ1n) is 9.06. The second-order valence-corrected chi connectivity index (χ2v) is 7.55. The van der Waals surface area contributed by atoms with Crippen LogP contribution in [0.25, 0.3) is 10.2 Å². The van der Waals surface area contributed by atoms with E-state index < -0.39 is 0 Å². The van der Waals surface area contributed by atoms with E-state index in [0.29, 0.717) is 11.4 Å². The SMILES string of the molecule is CCc1ccccc1NC(=O)c1cc2c(C)nn(Cc3ccccc3)c2s1. The highest BCUT2D eigenvalue weighted by Crippen LogP contribution is 2.29. The van der Waals surface area contributed by atoms with E-state index in [1.165, 1.54) is 16.9 Å². The number of aromatic nitrogens is 2. The Bertz CT molecular complexity index is 1100. The minimum absolute atomic E-state index is 0.0669. The van der Waals surface area contributed by atoms with Crippen LogP contribution in [0.15, 0.2) is 60.7 Å². The Morgan fingerprint density at radius 3 is 2.63 bits per heavy atom. The first kappa shape index (κ1) is 17.5. The van der Waals surface area contributed by atoms with Crippen LogP contribution in [0.5, 0.6) is 0 Å². The normalized spacial score (nSPS) is 11.0. The van der Waals surface area contributed by atoms with Crippen LogP contribution >= 0.6 is 11.3 Å². The molecule has 0 spiro atoms. The van der Waals surface area contributed by atoms with Gasteiger partial charge in [-0.25, -0.2) is 0 Å². The zero-order valence-electron chi connectivity index (χ0n) is 15.4. The van der Waals surface area contributed by atoms with Gasteiger partial charge in [-0.05, 0) is 36.6 Å². The summed E-state index contributed by atoms with van der Waals surface area (Å²) in [6.45, 7) is 4.78. The van der Waals surface area contributed by atoms with Crippen LogP contribution in [0.4, 0.5) is 5.69 Å². The Balaban J connectivity index is 1.63. The van der Waals surface area contributed by atoms with Gasteiger partial charge in [-0.1, -0.05) is 55.5 Å². The number of amides is 1. The fraction of sp³-hybridized carbons (Fsp3) is 0.182. The molecule has 0 saturated carbocycles. The summed E-state index contributed by atoms with van der Waals surface area (Å²) in [4.78, 5) is 14.5. The largest absolute Gasteiger partial charge is 0.321 e. The Morgan fingerprint density at radius 2 is 1.85 bits per heavy atom. The molecule has 2 aromatic carbocycles. The van der Waals surface area contributed by atoms with E-state index in [1.807, 2.05) is 60.1 Å². The highest BCUT2D eigenvalue weighted by molar-refractivity contribution is 7.20. The number of rotatable bonds is 5. The second kappa shape index (κ2) is 7.37. The second-order valence-electron chi connectivity index (χ2n) is 6.52. The van der Waals surface area contributed by atoms with Gasteiger partial charge in [0.1, 0.15) is 4.83 Å². The number of hydrogen-bond acceptors (Lipinski definition) is 3. The molecule has 0 aliphatic heterocycles. The quantitative estimate of drug-likeness (QED) is 0.516. The zero-order valence-corrected chi connectivity index (χ0v) is 16.2. The summed E-state index contributed by atoms with van der Waals surface area (Å²) in [5, 5.41) is 8.76. The van der Waals surface area contributed by atoms with Crippen LogP contribution in [0.3, 0.4) is 0 Å². The van der Waals surface area contributed by atoms with Crippen molar-refractivity contribution in [3.63, 3.8) is 0 Å². The van der Waals surface area contributed by atoms with E-state index in [-0.39, 0.29) is 5.91 Å². The van der Waals surface area contributed by atoms with E-state index in [0.717, 1.165) is 33.6 Å². The van der Waals surface area contributed by atoms with E-state index in [9.17, 15) is 4.79 Å². The fourth-order valence-corrected chi connectivity index (χ4v) is 4.28. The zero-order chi connectivity index (χ0) is 18.8. The molecule has 1 N–H and O–H groups in total. The number of anilines is 1. The molecule has 4 nitrogen and oxygen atoms in total. The van der Waals surface area contributed by atoms with Crippen molar-refractivity contribution in [2.45, 2.75) is 26.8 Å². The molecular weight excluding hydrogens is 354 g/mol. The summed E-state index contributed by atoms with van der Waals surface area (Å²) in [7, 11) is 0. The first-order valence-corrected chi connectivity index (χ1v) is 9.87. The topological polar surface area (TPSA) is 46.9 Å². The Hall–Kier alpha value is -2.92. The van der Waals surface area contributed by atoms with Crippen molar-refractivity contribution < 1.29 is 4.79 Å². The van der Waals surface area contributed by atoms with Gasteiger partial charge < -0.3 is 5.32 Å². The molecule has 4 aromatic rings. The monoisotopic (exact) mass is 375 g/mol. The average molecular weight is 375 g/mol. The van der Waals surface area contributed by atoms with E-state index in [1.54, 1.807) is 0 Å². The third kappa shape index (κ3) is 3.51. The molecule has 0 fully saturated rings. The number of nitrogens with one attached hydrogen (secondary N) is 1. The molecule has 0 atom stereocenters. The van der Waals surface area contributed by atoms with E-state index >= 15 is 0 Å². The lowest BCUT2D eigenvalue weighted by molar-refractivity contribution is 0.103. The van der Waals surface area contributed by atoms with Gasteiger partial charge in [-0.3, -0.25) is 9.48 Å². The molecule has 27 heavy (non-hydrogen) atoms. The maximum atomic E-state index is 12.8. The summed E-state index contributed by atoms with van der Waals surface area (Å²) in [5.74, 6) is -0.0669. The molecule has 0 unspecified atom stereocenters. The minimum atomic E-state index is -0.0669. The number of fused-ring (bicyclic) bond motifs is 1. The van der Waals surface area contributed by atoms with Gasteiger partial charge in [0, 0.05) is 11.1 Å². The smallest absolute Gasteiger partial charge is 0.265 e. The fourth-order valence-electron chi connectivity index (χ4n) is 3.22. The molecular formula is C22H21N3OS. The Kier molecular flexibility index (Phi) is 4.77. The molecule has 0 saturated heterocycles. The average Bonchev–Trinajstić information content (AvgIpc) is 3.25.